The molecule has 1 aliphatic rings. The van der Waals surface area contributed by atoms with Crippen LogP contribution in [0.2, 0.25) is 0 Å². The van der Waals surface area contributed by atoms with Gasteiger partial charge in [0.15, 0.2) is 4.96 Å². The van der Waals surface area contributed by atoms with Crippen molar-refractivity contribution in [1.29, 1.82) is 0 Å². The Bertz CT molecular complexity index is 772. The molecule has 0 amide bonds. The van der Waals surface area contributed by atoms with Crippen LogP contribution in [0, 0.1) is 13.8 Å². The molecule has 1 aliphatic heterocycles. The van der Waals surface area contributed by atoms with Gasteiger partial charge in [-0.15, -0.1) is 11.3 Å². The highest BCUT2D eigenvalue weighted by molar-refractivity contribution is 7.15. The number of rotatable bonds is 4. The van der Waals surface area contributed by atoms with Crippen LogP contribution < -0.4 is 0 Å². The first kappa shape index (κ1) is 14.8. The van der Waals surface area contributed by atoms with Crippen LogP contribution in [-0.4, -0.2) is 41.6 Å². The summed E-state index contributed by atoms with van der Waals surface area (Å²) in [4.78, 5) is 12.8. The highest BCUT2D eigenvalue weighted by atomic mass is 32.1. The van der Waals surface area contributed by atoms with E-state index in [4.69, 9.17) is 4.98 Å². The van der Waals surface area contributed by atoms with Gasteiger partial charge < -0.3 is 0 Å². The van der Waals surface area contributed by atoms with Gasteiger partial charge in [-0.1, -0.05) is 6.42 Å². The summed E-state index contributed by atoms with van der Waals surface area (Å²) in [6, 6.07) is 0.517. The Morgan fingerprint density at radius 1 is 1.26 bits per heavy atom. The molecule has 1 fully saturated rings. The Morgan fingerprint density at radius 3 is 2.96 bits per heavy atom. The van der Waals surface area contributed by atoms with Crippen molar-refractivity contribution in [2.45, 2.75) is 52.2 Å². The molecule has 1 atom stereocenters. The lowest BCUT2D eigenvalue weighted by atomic mass is 10.0. The molecule has 0 aromatic carbocycles. The molecule has 0 aliphatic carbocycles. The summed E-state index contributed by atoms with van der Waals surface area (Å²) in [5.41, 5.74) is 1.16. The zero-order valence-electron chi connectivity index (χ0n) is 13.6. The topological polar surface area (TPSA) is 51.2 Å². The number of likely N-dealkylation sites (tertiary alicyclic amines) is 1. The average molecular weight is 330 g/mol. The molecule has 0 unspecified atom stereocenters. The second kappa shape index (κ2) is 6.05. The van der Waals surface area contributed by atoms with Crippen LogP contribution in [0.15, 0.2) is 17.8 Å². The molecule has 7 heteroatoms. The number of imidazole rings is 1. The van der Waals surface area contributed by atoms with Gasteiger partial charge in [0.25, 0.3) is 0 Å². The number of hydrogen-bond acceptors (Lipinski definition) is 5. The van der Waals surface area contributed by atoms with Crippen molar-refractivity contribution < 1.29 is 0 Å². The molecule has 0 N–H and O–H groups in total. The van der Waals surface area contributed by atoms with E-state index >= 15 is 0 Å². The van der Waals surface area contributed by atoms with E-state index in [2.05, 4.69) is 41.8 Å². The molecule has 3 aromatic rings. The minimum absolute atomic E-state index is 0.517. The van der Waals surface area contributed by atoms with Crippen LogP contribution in [0.3, 0.4) is 0 Å². The first-order valence-electron chi connectivity index (χ1n) is 8.22. The van der Waals surface area contributed by atoms with E-state index < -0.39 is 0 Å². The van der Waals surface area contributed by atoms with Gasteiger partial charge in [0.1, 0.15) is 11.6 Å². The standard InChI is InChI=1S/C16H22N6S/c1-12-17-13(2)22(19-12)11-15-5-3-4-6-20(15)9-14-10-21-7-8-23-16(21)18-14/h7-8,10,15H,3-6,9,11H2,1-2H3/t15-/m1/s1. The summed E-state index contributed by atoms with van der Waals surface area (Å²) in [6.45, 7) is 6.99. The third-order valence-electron chi connectivity index (χ3n) is 4.60. The zero-order chi connectivity index (χ0) is 15.8. The van der Waals surface area contributed by atoms with Crippen molar-refractivity contribution in [3.63, 3.8) is 0 Å². The second-order valence-electron chi connectivity index (χ2n) is 6.33. The maximum atomic E-state index is 4.74. The van der Waals surface area contributed by atoms with E-state index in [9.17, 15) is 0 Å². The van der Waals surface area contributed by atoms with Crippen molar-refractivity contribution in [2.24, 2.45) is 0 Å². The number of piperidine rings is 1. The first-order valence-corrected chi connectivity index (χ1v) is 9.10. The van der Waals surface area contributed by atoms with E-state index in [0.717, 1.165) is 41.9 Å². The highest BCUT2D eigenvalue weighted by Gasteiger charge is 2.24. The van der Waals surface area contributed by atoms with E-state index in [1.807, 2.05) is 13.8 Å². The van der Waals surface area contributed by atoms with E-state index in [0.29, 0.717) is 6.04 Å². The Morgan fingerprint density at radius 2 is 2.17 bits per heavy atom. The molecule has 4 heterocycles. The van der Waals surface area contributed by atoms with Gasteiger partial charge in [0.2, 0.25) is 0 Å². The highest BCUT2D eigenvalue weighted by Crippen LogP contribution is 2.22. The van der Waals surface area contributed by atoms with Crippen LogP contribution in [0.25, 0.3) is 4.96 Å². The zero-order valence-corrected chi connectivity index (χ0v) is 14.5. The molecule has 6 nitrogen and oxygen atoms in total. The molecule has 23 heavy (non-hydrogen) atoms. The third kappa shape index (κ3) is 3.03. The normalized spacial score (nSPS) is 19.7. The second-order valence-corrected chi connectivity index (χ2v) is 7.21. The molecule has 0 bridgehead atoms. The van der Waals surface area contributed by atoms with Crippen LogP contribution in [0.4, 0.5) is 0 Å². The molecule has 3 aromatic heterocycles. The number of aromatic nitrogens is 5. The van der Waals surface area contributed by atoms with Gasteiger partial charge in [0.05, 0.1) is 12.2 Å². The van der Waals surface area contributed by atoms with Gasteiger partial charge in [0, 0.05) is 30.4 Å². The summed E-state index contributed by atoms with van der Waals surface area (Å²) in [6.07, 6.45) is 8.02. The molecule has 0 saturated carbocycles. The minimum Gasteiger partial charge on any atom is -0.297 e. The number of hydrogen-bond donors (Lipinski definition) is 0. The fourth-order valence-corrected chi connectivity index (χ4v) is 4.19. The molecule has 0 radical (unpaired) electrons. The smallest absolute Gasteiger partial charge is 0.193 e. The molecule has 1 saturated heterocycles. The van der Waals surface area contributed by atoms with Crippen molar-refractivity contribution in [3.8, 4) is 0 Å². The molecular weight excluding hydrogens is 308 g/mol. The summed E-state index contributed by atoms with van der Waals surface area (Å²) in [7, 11) is 0. The van der Waals surface area contributed by atoms with Crippen molar-refractivity contribution >= 4 is 16.3 Å². The van der Waals surface area contributed by atoms with Crippen molar-refractivity contribution in [3.05, 3.63) is 35.1 Å². The van der Waals surface area contributed by atoms with Gasteiger partial charge >= 0.3 is 0 Å². The van der Waals surface area contributed by atoms with Gasteiger partial charge in [-0.2, -0.15) is 5.10 Å². The van der Waals surface area contributed by atoms with E-state index in [1.54, 1.807) is 11.3 Å². The molecule has 122 valence electrons. The van der Waals surface area contributed by atoms with Crippen LogP contribution in [0.1, 0.15) is 36.6 Å². The number of fused-ring (bicyclic) bond motifs is 1. The van der Waals surface area contributed by atoms with Gasteiger partial charge in [-0.3, -0.25) is 9.30 Å². The van der Waals surface area contributed by atoms with E-state index in [-0.39, 0.29) is 0 Å². The molecule has 4 rings (SSSR count). The van der Waals surface area contributed by atoms with Crippen LogP contribution in [-0.2, 0) is 13.1 Å². The number of nitrogens with zero attached hydrogens (tertiary/aromatic N) is 6. The fourth-order valence-electron chi connectivity index (χ4n) is 3.47. The van der Waals surface area contributed by atoms with Crippen molar-refractivity contribution in [1.82, 2.24) is 29.0 Å². The summed E-state index contributed by atoms with van der Waals surface area (Å²) in [5.74, 6) is 1.87. The maximum absolute atomic E-state index is 4.74. The average Bonchev–Trinajstić information content (AvgIpc) is 3.17. The molecule has 0 spiro atoms. The predicted molar refractivity (Wildman–Crippen MR) is 90.6 cm³/mol. The predicted octanol–water partition coefficient (Wildman–Crippen LogP) is 2.66. The number of aryl methyl sites for hydroxylation is 2. The third-order valence-corrected chi connectivity index (χ3v) is 5.37. The minimum atomic E-state index is 0.517. The number of thiazole rings is 1. The van der Waals surface area contributed by atoms with Crippen LogP contribution >= 0.6 is 11.3 Å². The molecular formula is C16H22N6S. The fraction of sp³-hybridized carbons (Fsp3) is 0.562. The quantitative estimate of drug-likeness (QED) is 0.738. The van der Waals surface area contributed by atoms with Crippen molar-refractivity contribution in [2.75, 3.05) is 6.54 Å². The lowest BCUT2D eigenvalue weighted by Crippen LogP contribution is -2.42. The Labute approximate surface area is 139 Å². The van der Waals surface area contributed by atoms with Gasteiger partial charge in [-0.05, 0) is 33.2 Å². The van der Waals surface area contributed by atoms with E-state index in [1.165, 1.54) is 19.3 Å². The lowest BCUT2D eigenvalue weighted by Gasteiger charge is -2.35. The summed E-state index contributed by atoms with van der Waals surface area (Å²) < 4.78 is 4.17. The lowest BCUT2D eigenvalue weighted by molar-refractivity contribution is 0.120. The largest absolute Gasteiger partial charge is 0.297 e. The maximum Gasteiger partial charge on any atom is 0.193 e. The Balaban J connectivity index is 1.50. The monoisotopic (exact) mass is 330 g/mol. The van der Waals surface area contributed by atoms with Crippen LogP contribution in [0.5, 0.6) is 0 Å². The summed E-state index contributed by atoms with van der Waals surface area (Å²) in [5, 5.41) is 6.61. The first-order chi connectivity index (χ1) is 11.2. The Kier molecular flexibility index (Phi) is 3.90. The Hall–Kier alpha value is -1.73. The summed E-state index contributed by atoms with van der Waals surface area (Å²) >= 11 is 1.69. The van der Waals surface area contributed by atoms with Gasteiger partial charge in [-0.25, -0.2) is 14.6 Å². The SMILES string of the molecule is Cc1nc(C)n(C[C@H]2CCCCN2Cc2cn3ccsc3n2)n1.